The molecule has 0 unspecified atom stereocenters. The molecular formula is C14H21BrN2O2. The van der Waals surface area contributed by atoms with E-state index in [2.05, 4.69) is 21.2 Å². The first-order chi connectivity index (χ1) is 9.17. The van der Waals surface area contributed by atoms with E-state index in [-0.39, 0.29) is 5.91 Å². The number of amides is 1. The molecule has 1 aromatic carbocycles. The maximum absolute atomic E-state index is 11.6. The lowest BCUT2D eigenvalue weighted by Crippen LogP contribution is -2.25. The number of nitrogens with two attached hydrogens (primary N) is 1. The molecule has 5 heteroatoms. The standard InChI is InChI=1S/C14H21BrN2O2/c1-19-13-6-4-11(10-12(13)15)5-7-14(18)17-9-3-2-8-16/h4,6,10H,2-3,5,7-9,16H2,1H3,(H,17,18). The zero-order chi connectivity index (χ0) is 14.1. The maximum Gasteiger partial charge on any atom is 0.220 e. The van der Waals surface area contributed by atoms with Crippen LogP contribution in [0.1, 0.15) is 24.8 Å². The largest absolute Gasteiger partial charge is 0.496 e. The van der Waals surface area contributed by atoms with Crippen LogP contribution < -0.4 is 15.8 Å². The molecule has 4 nitrogen and oxygen atoms in total. The lowest BCUT2D eigenvalue weighted by Gasteiger charge is -2.07. The molecule has 0 heterocycles. The van der Waals surface area contributed by atoms with Crippen molar-refractivity contribution < 1.29 is 9.53 Å². The molecule has 0 aliphatic heterocycles. The summed E-state index contributed by atoms with van der Waals surface area (Å²) in [7, 11) is 1.63. The molecule has 0 aromatic heterocycles. The molecule has 1 amide bonds. The zero-order valence-corrected chi connectivity index (χ0v) is 12.8. The quantitative estimate of drug-likeness (QED) is 0.719. The Balaban J connectivity index is 2.32. The van der Waals surface area contributed by atoms with Crippen molar-refractivity contribution in [3.8, 4) is 5.75 Å². The van der Waals surface area contributed by atoms with Crippen LogP contribution in [-0.4, -0.2) is 26.1 Å². The molecule has 0 atom stereocenters. The van der Waals surface area contributed by atoms with Gasteiger partial charge in [0.25, 0.3) is 0 Å². The number of unbranched alkanes of at least 4 members (excludes halogenated alkanes) is 1. The minimum absolute atomic E-state index is 0.0870. The summed E-state index contributed by atoms with van der Waals surface area (Å²) in [6.45, 7) is 1.39. The minimum Gasteiger partial charge on any atom is -0.496 e. The number of methoxy groups -OCH3 is 1. The number of nitrogens with one attached hydrogen (secondary N) is 1. The van der Waals surface area contributed by atoms with Crippen molar-refractivity contribution in [2.45, 2.75) is 25.7 Å². The fourth-order valence-electron chi connectivity index (χ4n) is 1.71. The van der Waals surface area contributed by atoms with Crippen LogP contribution in [-0.2, 0) is 11.2 Å². The first kappa shape index (κ1) is 16.0. The van der Waals surface area contributed by atoms with Crippen molar-refractivity contribution >= 4 is 21.8 Å². The monoisotopic (exact) mass is 328 g/mol. The summed E-state index contributed by atoms with van der Waals surface area (Å²) >= 11 is 3.44. The van der Waals surface area contributed by atoms with Gasteiger partial charge in [0.1, 0.15) is 5.75 Å². The molecule has 0 fully saturated rings. The Kier molecular flexibility index (Phi) is 7.52. The lowest BCUT2D eigenvalue weighted by atomic mass is 10.1. The number of aryl methyl sites for hydroxylation is 1. The van der Waals surface area contributed by atoms with Gasteiger partial charge in [-0.1, -0.05) is 6.07 Å². The summed E-state index contributed by atoms with van der Waals surface area (Å²) in [5.74, 6) is 0.888. The zero-order valence-electron chi connectivity index (χ0n) is 11.2. The van der Waals surface area contributed by atoms with E-state index in [0.717, 1.165) is 35.0 Å². The van der Waals surface area contributed by atoms with Gasteiger partial charge < -0.3 is 15.8 Å². The van der Waals surface area contributed by atoms with Crippen LogP contribution in [0.2, 0.25) is 0 Å². The number of rotatable bonds is 8. The molecule has 0 radical (unpaired) electrons. The minimum atomic E-state index is 0.0870. The predicted octanol–water partition coefficient (Wildman–Crippen LogP) is 2.25. The van der Waals surface area contributed by atoms with Gasteiger partial charge >= 0.3 is 0 Å². The fraction of sp³-hybridized carbons (Fsp3) is 0.500. The molecule has 0 bridgehead atoms. The maximum atomic E-state index is 11.6. The highest BCUT2D eigenvalue weighted by Gasteiger charge is 2.04. The first-order valence-electron chi connectivity index (χ1n) is 6.46. The number of hydrogen-bond acceptors (Lipinski definition) is 3. The number of hydrogen-bond donors (Lipinski definition) is 2. The summed E-state index contributed by atoms with van der Waals surface area (Å²) in [5, 5.41) is 2.89. The highest BCUT2D eigenvalue weighted by Crippen LogP contribution is 2.25. The SMILES string of the molecule is COc1ccc(CCC(=O)NCCCCN)cc1Br. The van der Waals surface area contributed by atoms with Crippen LogP contribution in [0, 0.1) is 0 Å². The van der Waals surface area contributed by atoms with E-state index in [1.54, 1.807) is 7.11 Å². The van der Waals surface area contributed by atoms with Crippen LogP contribution >= 0.6 is 15.9 Å². The topological polar surface area (TPSA) is 64.3 Å². The molecule has 0 saturated carbocycles. The molecule has 19 heavy (non-hydrogen) atoms. The Bertz CT molecular complexity index is 410. The van der Waals surface area contributed by atoms with E-state index in [9.17, 15) is 4.79 Å². The highest BCUT2D eigenvalue weighted by molar-refractivity contribution is 9.10. The Morgan fingerprint density at radius 3 is 2.84 bits per heavy atom. The third-order valence-corrected chi connectivity index (χ3v) is 3.43. The molecule has 0 spiro atoms. The highest BCUT2D eigenvalue weighted by atomic mass is 79.9. The van der Waals surface area contributed by atoms with Gasteiger partial charge in [0.15, 0.2) is 0 Å². The average Bonchev–Trinajstić information content (AvgIpc) is 2.41. The number of carbonyl (C=O) groups is 1. The normalized spacial score (nSPS) is 10.3. The molecule has 106 valence electrons. The number of halogens is 1. The lowest BCUT2D eigenvalue weighted by molar-refractivity contribution is -0.121. The number of carbonyl (C=O) groups excluding carboxylic acids is 1. The Hall–Kier alpha value is -1.07. The second-order valence-corrected chi connectivity index (χ2v) is 5.17. The summed E-state index contributed by atoms with van der Waals surface area (Å²) in [4.78, 5) is 11.6. The molecule has 0 aliphatic rings. The van der Waals surface area contributed by atoms with Gasteiger partial charge in [-0.15, -0.1) is 0 Å². The summed E-state index contributed by atoms with van der Waals surface area (Å²) < 4.78 is 6.08. The van der Waals surface area contributed by atoms with Crippen LogP contribution in [0.25, 0.3) is 0 Å². The van der Waals surface area contributed by atoms with Crippen molar-refractivity contribution in [3.63, 3.8) is 0 Å². The summed E-state index contributed by atoms with van der Waals surface area (Å²) in [6.07, 6.45) is 3.12. The van der Waals surface area contributed by atoms with Gasteiger partial charge in [-0.2, -0.15) is 0 Å². The number of ether oxygens (including phenoxy) is 1. The smallest absolute Gasteiger partial charge is 0.220 e. The van der Waals surface area contributed by atoms with Crippen LogP contribution in [0.15, 0.2) is 22.7 Å². The third kappa shape index (κ3) is 6.07. The van der Waals surface area contributed by atoms with Crippen LogP contribution in [0.5, 0.6) is 5.75 Å². The van der Waals surface area contributed by atoms with Gasteiger partial charge in [0.05, 0.1) is 11.6 Å². The number of benzene rings is 1. The summed E-state index contributed by atoms with van der Waals surface area (Å²) in [6, 6.07) is 5.87. The Morgan fingerprint density at radius 2 is 2.21 bits per heavy atom. The van der Waals surface area contributed by atoms with Crippen molar-refractivity contribution in [3.05, 3.63) is 28.2 Å². The van der Waals surface area contributed by atoms with Crippen molar-refractivity contribution in [1.82, 2.24) is 5.32 Å². The van der Waals surface area contributed by atoms with E-state index in [1.165, 1.54) is 0 Å². The van der Waals surface area contributed by atoms with E-state index in [1.807, 2.05) is 18.2 Å². The molecule has 0 saturated heterocycles. The molecular weight excluding hydrogens is 308 g/mol. The predicted molar refractivity (Wildman–Crippen MR) is 80.3 cm³/mol. The van der Waals surface area contributed by atoms with Crippen LogP contribution in [0.4, 0.5) is 0 Å². The van der Waals surface area contributed by atoms with E-state index < -0.39 is 0 Å². The molecule has 0 aliphatic carbocycles. The molecule has 3 N–H and O–H groups in total. The van der Waals surface area contributed by atoms with Gasteiger partial charge in [0.2, 0.25) is 5.91 Å². The second-order valence-electron chi connectivity index (χ2n) is 4.31. The van der Waals surface area contributed by atoms with Gasteiger partial charge in [0, 0.05) is 13.0 Å². The second kappa shape index (κ2) is 8.93. The molecule has 1 aromatic rings. The summed E-state index contributed by atoms with van der Waals surface area (Å²) in [5.41, 5.74) is 6.51. The molecule has 1 rings (SSSR count). The van der Waals surface area contributed by atoms with E-state index >= 15 is 0 Å². The van der Waals surface area contributed by atoms with Crippen LogP contribution in [0.3, 0.4) is 0 Å². The fourth-order valence-corrected chi connectivity index (χ4v) is 2.30. The Labute approximate surface area is 122 Å². The Morgan fingerprint density at radius 1 is 1.42 bits per heavy atom. The van der Waals surface area contributed by atoms with Gasteiger partial charge in [-0.25, -0.2) is 0 Å². The van der Waals surface area contributed by atoms with Gasteiger partial charge in [-0.05, 0) is 59.4 Å². The first-order valence-corrected chi connectivity index (χ1v) is 7.26. The van der Waals surface area contributed by atoms with E-state index in [0.29, 0.717) is 19.5 Å². The third-order valence-electron chi connectivity index (χ3n) is 2.81. The van der Waals surface area contributed by atoms with E-state index in [4.69, 9.17) is 10.5 Å². The van der Waals surface area contributed by atoms with Gasteiger partial charge in [-0.3, -0.25) is 4.79 Å². The van der Waals surface area contributed by atoms with Crippen molar-refractivity contribution in [1.29, 1.82) is 0 Å². The van der Waals surface area contributed by atoms with Crippen molar-refractivity contribution in [2.24, 2.45) is 5.73 Å². The van der Waals surface area contributed by atoms with Crippen molar-refractivity contribution in [2.75, 3.05) is 20.2 Å². The average molecular weight is 329 g/mol.